The molecule has 1 rings (SSSR count). The second kappa shape index (κ2) is 9.50. The maximum atomic E-state index is 9.86. The molecular formula is C16H26BrNO2. The van der Waals surface area contributed by atoms with Gasteiger partial charge in [0.25, 0.3) is 0 Å². The van der Waals surface area contributed by atoms with Gasteiger partial charge in [-0.25, -0.2) is 0 Å². The van der Waals surface area contributed by atoms with Crippen LogP contribution in [0.1, 0.15) is 32.8 Å². The van der Waals surface area contributed by atoms with Gasteiger partial charge in [-0.2, -0.15) is 0 Å². The van der Waals surface area contributed by atoms with E-state index in [1.807, 2.05) is 12.1 Å². The summed E-state index contributed by atoms with van der Waals surface area (Å²) >= 11 is 3.41. The lowest BCUT2D eigenvalue weighted by Crippen LogP contribution is -2.31. The van der Waals surface area contributed by atoms with Crippen LogP contribution in [0, 0.1) is 5.92 Å². The Morgan fingerprint density at radius 2 is 1.85 bits per heavy atom. The normalized spacial score (nSPS) is 14.5. The van der Waals surface area contributed by atoms with Crippen molar-refractivity contribution in [2.75, 3.05) is 13.2 Å². The molecule has 0 spiro atoms. The van der Waals surface area contributed by atoms with E-state index in [1.165, 1.54) is 5.56 Å². The summed E-state index contributed by atoms with van der Waals surface area (Å²) in [6, 6.07) is 8.16. The van der Waals surface area contributed by atoms with Crippen LogP contribution in [0.3, 0.4) is 0 Å². The van der Waals surface area contributed by atoms with Crippen LogP contribution in [0.25, 0.3) is 0 Å². The van der Waals surface area contributed by atoms with E-state index in [1.54, 1.807) is 0 Å². The Morgan fingerprint density at radius 1 is 1.20 bits per heavy atom. The van der Waals surface area contributed by atoms with Crippen molar-refractivity contribution < 1.29 is 9.84 Å². The highest BCUT2D eigenvalue weighted by Crippen LogP contribution is 2.10. The maximum absolute atomic E-state index is 9.86. The zero-order chi connectivity index (χ0) is 15.0. The zero-order valence-corrected chi connectivity index (χ0v) is 14.2. The SMILES string of the molecule is CC(C)CC(C)OCC(O)CNCc1ccc(Br)cc1. The highest BCUT2D eigenvalue weighted by atomic mass is 79.9. The fourth-order valence-corrected chi connectivity index (χ4v) is 2.32. The summed E-state index contributed by atoms with van der Waals surface area (Å²) in [6.07, 6.45) is 0.773. The van der Waals surface area contributed by atoms with Crippen LogP contribution in [0.5, 0.6) is 0 Å². The van der Waals surface area contributed by atoms with Gasteiger partial charge in [-0.05, 0) is 37.0 Å². The van der Waals surface area contributed by atoms with E-state index >= 15 is 0 Å². The number of halogens is 1. The summed E-state index contributed by atoms with van der Waals surface area (Å²) in [5, 5.41) is 13.1. The van der Waals surface area contributed by atoms with Crippen molar-refractivity contribution in [2.24, 2.45) is 5.92 Å². The van der Waals surface area contributed by atoms with Crippen molar-refractivity contribution in [3.05, 3.63) is 34.3 Å². The predicted octanol–water partition coefficient (Wildman–Crippen LogP) is 3.35. The number of ether oxygens (including phenoxy) is 1. The van der Waals surface area contributed by atoms with Crippen molar-refractivity contribution in [1.29, 1.82) is 0 Å². The molecular weight excluding hydrogens is 318 g/mol. The summed E-state index contributed by atoms with van der Waals surface area (Å²) in [6.45, 7) is 8.10. The van der Waals surface area contributed by atoms with Crippen LogP contribution in [0.4, 0.5) is 0 Å². The van der Waals surface area contributed by atoms with Gasteiger partial charge in [0.05, 0.1) is 18.8 Å². The molecule has 3 nitrogen and oxygen atoms in total. The van der Waals surface area contributed by atoms with Crippen LogP contribution < -0.4 is 5.32 Å². The molecule has 0 radical (unpaired) electrons. The van der Waals surface area contributed by atoms with Crippen molar-refractivity contribution in [1.82, 2.24) is 5.32 Å². The Bertz CT molecular complexity index is 367. The number of aliphatic hydroxyl groups is 1. The van der Waals surface area contributed by atoms with Gasteiger partial charge in [-0.1, -0.05) is 41.9 Å². The van der Waals surface area contributed by atoms with Crippen LogP contribution in [0.15, 0.2) is 28.7 Å². The van der Waals surface area contributed by atoms with E-state index in [9.17, 15) is 5.11 Å². The first kappa shape index (κ1) is 17.6. The molecule has 0 aliphatic rings. The van der Waals surface area contributed by atoms with E-state index in [-0.39, 0.29) is 6.10 Å². The summed E-state index contributed by atoms with van der Waals surface area (Å²) in [4.78, 5) is 0. The minimum atomic E-state index is -0.458. The largest absolute Gasteiger partial charge is 0.389 e. The van der Waals surface area contributed by atoms with E-state index in [0.717, 1.165) is 17.4 Å². The van der Waals surface area contributed by atoms with Crippen molar-refractivity contribution >= 4 is 15.9 Å². The standard InChI is InChI=1S/C16H26BrNO2/c1-12(2)8-13(3)20-11-16(19)10-18-9-14-4-6-15(17)7-5-14/h4-7,12-13,16,18-19H,8-11H2,1-3H3. The molecule has 2 atom stereocenters. The Balaban J connectivity index is 2.13. The molecule has 0 heterocycles. The molecule has 0 saturated carbocycles. The van der Waals surface area contributed by atoms with Crippen LogP contribution in [-0.4, -0.2) is 30.5 Å². The highest BCUT2D eigenvalue weighted by molar-refractivity contribution is 9.10. The molecule has 0 saturated heterocycles. The van der Waals surface area contributed by atoms with E-state index in [4.69, 9.17) is 4.74 Å². The van der Waals surface area contributed by atoms with Crippen molar-refractivity contribution in [3.8, 4) is 0 Å². The third kappa shape index (κ3) is 8.00. The molecule has 1 aromatic carbocycles. The lowest BCUT2D eigenvalue weighted by atomic mass is 10.1. The molecule has 1 aromatic rings. The average Bonchev–Trinajstić information content (AvgIpc) is 2.38. The molecule has 0 amide bonds. The summed E-state index contributed by atoms with van der Waals surface area (Å²) < 4.78 is 6.71. The first-order valence-electron chi connectivity index (χ1n) is 7.22. The lowest BCUT2D eigenvalue weighted by molar-refractivity contribution is -0.00857. The van der Waals surface area contributed by atoms with Crippen LogP contribution >= 0.6 is 15.9 Å². The topological polar surface area (TPSA) is 41.5 Å². The zero-order valence-electron chi connectivity index (χ0n) is 12.6. The molecule has 114 valence electrons. The number of hydrogen-bond donors (Lipinski definition) is 2. The highest BCUT2D eigenvalue weighted by Gasteiger charge is 2.09. The first-order valence-corrected chi connectivity index (χ1v) is 8.01. The number of hydrogen-bond acceptors (Lipinski definition) is 3. The van der Waals surface area contributed by atoms with Gasteiger partial charge in [0.2, 0.25) is 0 Å². The summed E-state index contributed by atoms with van der Waals surface area (Å²) in [7, 11) is 0. The van der Waals surface area contributed by atoms with E-state index < -0.39 is 6.10 Å². The Labute approximate surface area is 130 Å². The maximum Gasteiger partial charge on any atom is 0.0897 e. The van der Waals surface area contributed by atoms with Gasteiger partial charge >= 0.3 is 0 Å². The van der Waals surface area contributed by atoms with Gasteiger partial charge in [0, 0.05) is 17.6 Å². The Hall–Kier alpha value is -0.420. The van der Waals surface area contributed by atoms with Crippen molar-refractivity contribution in [3.63, 3.8) is 0 Å². The average molecular weight is 344 g/mol. The van der Waals surface area contributed by atoms with Gasteiger partial charge in [-0.15, -0.1) is 0 Å². The van der Waals surface area contributed by atoms with Gasteiger partial charge in [0.15, 0.2) is 0 Å². The fraction of sp³-hybridized carbons (Fsp3) is 0.625. The molecule has 0 fully saturated rings. The molecule has 2 unspecified atom stereocenters. The summed E-state index contributed by atoms with van der Waals surface area (Å²) in [5.41, 5.74) is 1.20. The smallest absolute Gasteiger partial charge is 0.0897 e. The molecule has 20 heavy (non-hydrogen) atoms. The van der Waals surface area contributed by atoms with Gasteiger partial charge in [0.1, 0.15) is 0 Å². The number of aliphatic hydroxyl groups excluding tert-OH is 1. The van der Waals surface area contributed by atoms with Crippen LogP contribution in [-0.2, 0) is 11.3 Å². The molecule has 0 bridgehead atoms. The van der Waals surface area contributed by atoms with Crippen molar-refractivity contribution in [2.45, 2.75) is 45.9 Å². The number of rotatable bonds is 9. The van der Waals surface area contributed by atoms with E-state index in [0.29, 0.717) is 19.1 Å². The monoisotopic (exact) mass is 343 g/mol. The third-order valence-electron chi connectivity index (χ3n) is 3.00. The van der Waals surface area contributed by atoms with E-state index in [2.05, 4.69) is 54.2 Å². The molecule has 0 aliphatic carbocycles. The second-order valence-electron chi connectivity index (χ2n) is 5.68. The number of nitrogens with one attached hydrogen (secondary N) is 1. The Kier molecular flexibility index (Phi) is 8.38. The van der Waals surface area contributed by atoms with Crippen LogP contribution in [0.2, 0.25) is 0 Å². The fourth-order valence-electron chi connectivity index (χ4n) is 2.05. The number of benzene rings is 1. The third-order valence-corrected chi connectivity index (χ3v) is 3.53. The molecule has 0 aromatic heterocycles. The molecule has 2 N–H and O–H groups in total. The molecule has 0 aliphatic heterocycles. The van der Waals surface area contributed by atoms with Gasteiger partial charge in [-0.3, -0.25) is 0 Å². The minimum Gasteiger partial charge on any atom is -0.389 e. The quantitative estimate of drug-likeness (QED) is 0.722. The lowest BCUT2D eigenvalue weighted by Gasteiger charge is -2.18. The molecule has 4 heteroatoms. The van der Waals surface area contributed by atoms with Gasteiger partial charge < -0.3 is 15.2 Å². The minimum absolute atomic E-state index is 0.205. The first-order chi connectivity index (χ1) is 9.47. The predicted molar refractivity (Wildman–Crippen MR) is 86.7 cm³/mol. The summed E-state index contributed by atoms with van der Waals surface area (Å²) in [5.74, 6) is 0.623. The Morgan fingerprint density at radius 3 is 2.45 bits per heavy atom. The second-order valence-corrected chi connectivity index (χ2v) is 6.60.